The van der Waals surface area contributed by atoms with E-state index in [1.54, 1.807) is 24.3 Å². The molecule has 27 heteroatoms. The van der Waals surface area contributed by atoms with E-state index in [4.69, 9.17) is 11.5 Å². The first-order chi connectivity index (χ1) is 42.2. The molecule has 7 amide bonds. The minimum absolute atomic E-state index is 0.0113. The van der Waals surface area contributed by atoms with Crippen molar-refractivity contribution in [2.75, 3.05) is 77.0 Å². The fourth-order valence-corrected chi connectivity index (χ4v) is 11.0. The predicted molar refractivity (Wildman–Crippen MR) is 341 cm³/mol. The van der Waals surface area contributed by atoms with Crippen molar-refractivity contribution in [3.05, 3.63) is 59.7 Å². The number of unbranched alkanes of at least 4 members (excludes halogenated alkanes) is 6. The standard InChI is InChI=1S/C61H97N13O12S2/c62-58(85)44(36-87)35-47(77)11-5-1-2-6-12-51(78)48(33-42-19-23-45(75)24-20-42)70-54(81)15-9-17-56(83)73-60-38-64-27-29-66-40-61(69-32-31-68-60,41-67-30-28-65-39-60)74-57(84)18-10-16-55(82)71-49(34-43-21-25-46(76)26-22-43)52(79)13-7-3-4-8-14-53(80)72-50(37-88)59(63)86/h19-26,44,48-50,64-69,75-76,87-88H,1-18,27-41H2,(H2,62,85)(H2,63,86)(H,70,81)(H,71,82)(H,72,80)(H,73,83)(H,74,84)/t44-,48-,49-,50-,60?,61?/m0/s1. The third kappa shape index (κ3) is 29.9. The summed E-state index contributed by atoms with van der Waals surface area (Å²) in [5.41, 5.74) is 10.2. The summed E-state index contributed by atoms with van der Waals surface area (Å²) in [5, 5.41) is 55.3. The normalized spacial score (nSPS) is 18.8. The Labute approximate surface area is 528 Å². The van der Waals surface area contributed by atoms with E-state index in [0.717, 1.165) is 11.1 Å². The van der Waals surface area contributed by atoms with Crippen molar-refractivity contribution in [2.45, 2.75) is 164 Å². The molecule has 0 radical (unpaired) electrons. The lowest BCUT2D eigenvalue weighted by Gasteiger charge is -2.41. The number of carbonyl (C=O) groups is 10. The molecular formula is C61H97N13O12S2. The molecule has 490 valence electrons. The quantitative estimate of drug-likeness (QED) is 0.0312. The number of rotatable bonds is 39. The van der Waals surface area contributed by atoms with E-state index >= 15 is 0 Å². The van der Waals surface area contributed by atoms with Crippen LogP contribution in [-0.4, -0.2) is 175 Å². The van der Waals surface area contributed by atoms with Crippen LogP contribution in [0.25, 0.3) is 0 Å². The number of phenolic OH excluding ortho intramolecular Hbond substituents is 2. The molecule has 0 unspecified atom stereocenters. The maximum atomic E-state index is 13.8. The fourth-order valence-electron chi connectivity index (χ4n) is 10.4. The van der Waals surface area contributed by atoms with Crippen molar-refractivity contribution in [2.24, 2.45) is 17.4 Å². The summed E-state index contributed by atoms with van der Waals surface area (Å²) in [5.74, 6) is -3.38. The first-order valence-corrected chi connectivity index (χ1v) is 32.3. The second-order valence-electron chi connectivity index (χ2n) is 23.0. The van der Waals surface area contributed by atoms with Crippen molar-refractivity contribution < 1.29 is 58.2 Å². The van der Waals surface area contributed by atoms with Gasteiger partial charge in [0.2, 0.25) is 41.4 Å². The van der Waals surface area contributed by atoms with Gasteiger partial charge in [-0.15, -0.1) is 0 Å². The molecule has 0 saturated carbocycles. The highest BCUT2D eigenvalue weighted by atomic mass is 32.1. The van der Waals surface area contributed by atoms with Crippen LogP contribution in [0.4, 0.5) is 0 Å². The van der Waals surface area contributed by atoms with E-state index in [9.17, 15) is 58.2 Å². The number of benzene rings is 2. The van der Waals surface area contributed by atoms with Crippen LogP contribution < -0.4 is 70.0 Å². The molecule has 2 aromatic carbocycles. The van der Waals surface area contributed by atoms with Crippen molar-refractivity contribution >= 4 is 84.0 Å². The molecule has 2 fully saturated rings. The number of hydrogen-bond acceptors (Lipinski definition) is 20. The molecule has 0 aliphatic carbocycles. The Morgan fingerprint density at radius 1 is 0.432 bits per heavy atom. The molecule has 2 bridgehead atoms. The van der Waals surface area contributed by atoms with Gasteiger partial charge >= 0.3 is 0 Å². The number of amides is 7. The molecule has 2 aliphatic heterocycles. The van der Waals surface area contributed by atoms with E-state index in [0.29, 0.717) is 123 Å². The zero-order valence-electron chi connectivity index (χ0n) is 50.8. The van der Waals surface area contributed by atoms with Crippen LogP contribution >= 0.6 is 25.3 Å². The molecule has 0 spiro atoms. The van der Waals surface area contributed by atoms with Crippen molar-refractivity contribution in [3.63, 3.8) is 0 Å². The number of hydrogen-bond donors (Lipinski definition) is 17. The Hall–Kier alpha value is -6.20. The molecule has 17 N–H and O–H groups in total. The summed E-state index contributed by atoms with van der Waals surface area (Å²) in [6.07, 6.45) is 6.78. The summed E-state index contributed by atoms with van der Waals surface area (Å²) < 4.78 is 0. The molecule has 2 aromatic rings. The third-order valence-corrected chi connectivity index (χ3v) is 16.3. The summed E-state index contributed by atoms with van der Waals surface area (Å²) in [6.45, 7) is 4.24. The van der Waals surface area contributed by atoms with Gasteiger partial charge in [0.1, 0.15) is 34.6 Å². The smallest absolute Gasteiger partial charge is 0.240 e. The number of carbonyl (C=O) groups excluding carboxylic acids is 10. The van der Waals surface area contributed by atoms with Crippen molar-refractivity contribution in [1.29, 1.82) is 0 Å². The van der Waals surface area contributed by atoms with E-state index in [1.807, 2.05) is 0 Å². The van der Waals surface area contributed by atoms with Gasteiger partial charge in [-0.3, -0.25) is 58.6 Å². The van der Waals surface area contributed by atoms with Gasteiger partial charge in [0.15, 0.2) is 11.6 Å². The van der Waals surface area contributed by atoms with Gasteiger partial charge in [0.05, 0.1) is 18.0 Å². The van der Waals surface area contributed by atoms with Gasteiger partial charge in [0.25, 0.3) is 0 Å². The van der Waals surface area contributed by atoms with Gasteiger partial charge in [0, 0.05) is 135 Å². The van der Waals surface area contributed by atoms with E-state index in [2.05, 4.69) is 83.7 Å². The first-order valence-electron chi connectivity index (χ1n) is 31.0. The van der Waals surface area contributed by atoms with Crippen LogP contribution in [0.1, 0.15) is 133 Å². The van der Waals surface area contributed by atoms with Crippen LogP contribution in [0.2, 0.25) is 0 Å². The molecule has 2 saturated heterocycles. The Morgan fingerprint density at radius 3 is 1.15 bits per heavy atom. The maximum absolute atomic E-state index is 13.8. The van der Waals surface area contributed by atoms with E-state index < -0.39 is 47.2 Å². The molecule has 88 heavy (non-hydrogen) atoms. The molecule has 0 aromatic heterocycles. The second kappa shape index (κ2) is 41.2. The van der Waals surface area contributed by atoms with Gasteiger partial charge in [-0.1, -0.05) is 49.9 Å². The molecule has 25 nitrogen and oxygen atoms in total. The lowest BCUT2D eigenvalue weighted by Crippen LogP contribution is -2.73. The molecule has 2 heterocycles. The zero-order chi connectivity index (χ0) is 64.2. The summed E-state index contributed by atoms with van der Waals surface area (Å²) in [7, 11) is 0. The zero-order valence-corrected chi connectivity index (χ0v) is 52.6. The number of fused-ring (bicyclic) bond motifs is 5. The molecule has 4 atom stereocenters. The lowest BCUT2D eigenvalue weighted by molar-refractivity contribution is -0.128. The van der Waals surface area contributed by atoms with Gasteiger partial charge in [-0.05, 0) is 86.8 Å². The number of nitrogens with one attached hydrogen (secondary N) is 11. The third-order valence-electron chi connectivity index (χ3n) is 15.5. The average Bonchev–Trinajstić information content (AvgIpc) is 3.31. The molecule has 4 rings (SSSR count). The van der Waals surface area contributed by atoms with Crippen LogP contribution in [-0.2, 0) is 60.8 Å². The highest BCUT2D eigenvalue weighted by molar-refractivity contribution is 7.80. The van der Waals surface area contributed by atoms with Gasteiger partial charge in [-0.25, -0.2) is 0 Å². The van der Waals surface area contributed by atoms with Gasteiger partial charge < -0.3 is 69.5 Å². The Bertz CT molecular complexity index is 2360. The second-order valence-corrected chi connectivity index (χ2v) is 23.7. The predicted octanol–water partition coefficient (Wildman–Crippen LogP) is 0.0928. The summed E-state index contributed by atoms with van der Waals surface area (Å²) in [6, 6.07) is 10.3. The van der Waals surface area contributed by atoms with E-state index in [1.165, 1.54) is 24.3 Å². The number of nitrogens with two attached hydrogens (primary N) is 2. The number of primary amides is 2. The number of thiol groups is 2. The van der Waals surface area contributed by atoms with Crippen molar-refractivity contribution in [1.82, 2.24) is 58.5 Å². The van der Waals surface area contributed by atoms with Crippen LogP contribution in [0.15, 0.2) is 48.5 Å². The molecule has 2 aliphatic rings. The highest BCUT2D eigenvalue weighted by Gasteiger charge is 2.35. The average molecular weight is 1270 g/mol. The maximum Gasteiger partial charge on any atom is 0.240 e. The topological polar surface area (TPSA) is 396 Å². The summed E-state index contributed by atoms with van der Waals surface area (Å²) in [4.78, 5) is 129. The first kappa shape index (κ1) is 74.3. The monoisotopic (exact) mass is 1270 g/mol. The number of Topliss-reactive ketones (excluding diaryl/α,β-unsaturated/α-hetero) is 3. The summed E-state index contributed by atoms with van der Waals surface area (Å²) >= 11 is 8.15. The van der Waals surface area contributed by atoms with Crippen molar-refractivity contribution in [3.8, 4) is 11.5 Å². The van der Waals surface area contributed by atoms with E-state index in [-0.39, 0.29) is 147 Å². The number of aromatic hydroxyl groups is 2. The minimum atomic E-state index is -0.955. The largest absolute Gasteiger partial charge is 0.508 e. The minimum Gasteiger partial charge on any atom is -0.508 e. The van der Waals surface area contributed by atoms with Crippen LogP contribution in [0.3, 0.4) is 0 Å². The lowest BCUT2D eigenvalue weighted by atomic mass is 9.97. The Kier molecular flexibility index (Phi) is 34.7. The van der Waals surface area contributed by atoms with Crippen LogP contribution in [0, 0.1) is 5.92 Å². The fraction of sp³-hybridized carbons (Fsp3) is 0.639. The number of phenols is 2. The SMILES string of the molecule is NC(=O)[C@H](CS)CC(=O)CCCCCCC(=O)[C@H](Cc1ccc(O)cc1)NC(=O)CCCC(=O)NC12CNCCNCC(NC(=O)CCCC(=O)N[C@@H](Cc3ccc(O)cc3)C(=O)CCCCCCC(=O)N[C@@H](CS)C(N)=O)(CNCCNC1)NCCN2. The van der Waals surface area contributed by atoms with Gasteiger partial charge in [-0.2, -0.15) is 25.3 Å². The number of ketones is 3. The molecular weight excluding hydrogens is 1170 g/mol. The highest BCUT2D eigenvalue weighted by Crippen LogP contribution is 2.18. The Morgan fingerprint density at radius 2 is 0.784 bits per heavy atom. The van der Waals surface area contributed by atoms with Crippen LogP contribution in [0.5, 0.6) is 11.5 Å². The Balaban J connectivity index is 1.26.